The molecular formula is C22H23N3O. The third-order valence-corrected chi connectivity index (χ3v) is 4.36. The van der Waals surface area contributed by atoms with Gasteiger partial charge in [-0.1, -0.05) is 54.6 Å². The molecule has 26 heavy (non-hydrogen) atoms. The van der Waals surface area contributed by atoms with Gasteiger partial charge in [0.05, 0.1) is 18.5 Å². The number of aromatic nitrogens is 2. The summed E-state index contributed by atoms with van der Waals surface area (Å²) in [5, 5.41) is 14.2. The van der Waals surface area contributed by atoms with Gasteiger partial charge in [-0.25, -0.2) is 4.68 Å². The SMILES string of the molecule is C/C(=C\C=C(/N)c1ccccc1)n1ncc(CO)c1-c1ccccc1C. The molecule has 0 radical (unpaired) electrons. The zero-order chi connectivity index (χ0) is 18.5. The molecule has 1 heterocycles. The van der Waals surface area contributed by atoms with E-state index in [9.17, 15) is 5.11 Å². The van der Waals surface area contributed by atoms with Crippen LogP contribution in [0.25, 0.3) is 22.7 Å². The lowest BCUT2D eigenvalue weighted by atomic mass is 10.0. The predicted octanol–water partition coefficient (Wildman–Crippen LogP) is 4.21. The second-order valence-electron chi connectivity index (χ2n) is 6.20. The summed E-state index contributed by atoms with van der Waals surface area (Å²) in [6, 6.07) is 17.9. The van der Waals surface area contributed by atoms with Gasteiger partial charge in [-0.05, 0) is 37.1 Å². The topological polar surface area (TPSA) is 64.1 Å². The largest absolute Gasteiger partial charge is 0.398 e. The summed E-state index contributed by atoms with van der Waals surface area (Å²) in [6.45, 7) is 3.98. The minimum atomic E-state index is -0.0566. The lowest BCUT2D eigenvalue weighted by Crippen LogP contribution is -2.01. The predicted molar refractivity (Wildman–Crippen MR) is 107 cm³/mol. The van der Waals surface area contributed by atoms with Crippen molar-refractivity contribution in [1.29, 1.82) is 0 Å². The number of aryl methyl sites for hydroxylation is 1. The molecule has 2 aromatic carbocycles. The Labute approximate surface area is 153 Å². The summed E-state index contributed by atoms with van der Waals surface area (Å²) in [5.41, 5.74) is 12.7. The highest BCUT2D eigenvalue weighted by molar-refractivity contribution is 5.72. The van der Waals surface area contributed by atoms with Crippen molar-refractivity contribution < 1.29 is 5.11 Å². The molecule has 0 aliphatic rings. The van der Waals surface area contributed by atoms with Crippen LogP contribution in [0.1, 0.15) is 23.6 Å². The normalized spacial score (nSPS) is 12.4. The number of benzene rings is 2. The van der Waals surface area contributed by atoms with E-state index in [0.29, 0.717) is 5.70 Å². The Morgan fingerprint density at radius 1 is 1.08 bits per heavy atom. The number of aliphatic hydroxyl groups is 1. The molecule has 0 saturated heterocycles. The van der Waals surface area contributed by atoms with Crippen molar-refractivity contribution in [3.63, 3.8) is 0 Å². The number of hydrogen-bond acceptors (Lipinski definition) is 3. The fourth-order valence-corrected chi connectivity index (χ4v) is 2.90. The highest BCUT2D eigenvalue weighted by Gasteiger charge is 2.15. The van der Waals surface area contributed by atoms with E-state index in [1.807, 2.05) is 72.3 Å². The Balaban J connectivity index is 2.02. The fourth-order valence-electron chi connectivity index (χ4n) is 2.90. The van der Waals surface area contributed by atoms with E-state index >= 15 is 0 Å². The van der Waals surface area contributed by atoms with Gasteiger partial charge < -0.3 is 10.8 Å². The first-order valence-electron chi connectivity index (χ1n) is 8.55. The van der Waals surface area contributed by atoms with E-state index in [0.717, 1.165) is 33.6 Å². The number of allylic oxidation sites excluding steroid dienone is 3. The molecule has 4 heteroatoms. The molecule has 0 atom stereocenters. The zero-order valence-corrected chi connectivity index (χ0v) is 15.1. The quantitative estimate of drug-likeness (QED) is 0.681. The maximum atomic E-state index is 9.73. The van der Waals surface area contributed by atoms with Crippen molar-refractivity contribution in [3.8, 4) is 11.3 Å². The van der Waals surface area contributed by atoms with Crippen LogP contribution >= 0.6 is 0 Å². The highest BCUT2D eigenvalue weighted by atomic mass is 16.3. The van der Waals surface area contributed by atoms with Crippen molar-refractivity contribution >= 4 is 11.4 Å². The zero-order valence-electron chi connectivity index (χ0n) is 15.1. The molecule has 0 amide bonds. The van der Waals surface area contributed by atoms with Crippen LogP contribution in [0.2, 0.25) is 0 Å². The lowest BCUT2D eigenvalue weighted by molar-refractivity contribution is 0.282. The van der Waals surface area contributed by atoms with E-state index in [1.54, 1.807) is 6.20 Å². The summed E-state index contributed by atoms with van der Waals surface area (Å²) in [5.74, 6) is 0. The molecular weight excluding hydrogens is 322 g/mol. The third-order valence-electron chi connectivity index (χ3n) is 4.36. The van der Waals surface area contributed by atoms with E-state index in [-0.39, 0.29) is 6.61 Å². The molecule has 0 aliphatic heterocycles. The van der Waals surface area contributed by atoms with Gasteiger partial charge in [0.1, 0.15) is 0 Å². The molecule has 4 nitrogen and oxygen atoms in total. The van der Waals surface area contributed by atoms with Crippen LogP contribution in [0, 0.1) is 6.92 Å². The van der Waals surface area contributed by atoms with Gasteiger partial charge in [-0.15, -0.1) is 0 Å². The first-order chi connectivity index (χ1) is 12.6. The molecule has 0 spiro atoms. The van der Waals surface area contributed by atoms with Crippen LogP contribution in [0.15, 0.2) is 72.9 Å². The standard InChI is InChI=1S/C22H23N3O/c1-16-8-6-7-11-20(16)22-19(15-26)14-24-25(22)17(2)12-13-21(23)18-9-4-3-5-10-18/h3-14,26H,15,23H2,1-2H3/b17-12+,21-13-. The molecule has 0 fully saturated rings. The Bertz CT molecular complexity index is 953. The van der Waals surface area contributed by atoms with Crippen LogP contribution < -0.4 is 5.73 Å². The van der Waals surface area contributed by atoms with Crippen molar-refractivity contribution in [1.82, 2.24) is 9.78 Å². The highest BCUT2D eigenvalue weighted by Crippen LogP contribution is 2.29. The number of nitrogens with zero attached hydrogens (tertiary/aromatic N) is 2. The minimum absolute atomic E-state index is 0.0566. The second-order valence-corrected chi connectivity index (χ2v) is 6.20. The van der Waals surface area contributed by atoms with Crippen molar-refractivity contribution in [2.45, 2.75) is 20.5 Å². The minimum Gasteiger partial charge on any atom is -0.398 e. The first kappa shape index (κ1) is 17.7. The van der Waals surface area contributed by atoms with Gasteiger partial charge >= 0.3 is 0 Å². The Kier molecular flexibility index (Phi) is 5.34. The van der Waals surface area contributed by atoms with Gasteiger partial charge in [0, 0.05) is 22.5 Å². The molecule has 3 rings (SSSR count). The van der Waals surface area contributed by atoms with E-state index in [1.165, 1.54) is 0 Å². The van der Waals surface area contributed by atoms with Crippen molar-refractivity contribution in [2.24, 2.45) is 5.73 Å². The summed E-state index contributed by atoms with van der Waals surface area (Å²) in [6.07, 6.45) is 5.54. The molecule has 0 saturated carbocycles. The molecule has 1 aromatic heterocycles. The number of rotatable bonds is 5. The number of nitrogens with two attached hydrogens (primary N) is 1. The molecule has 3 N–H and O–H groups in total. The Morgan fingerprint density at radius 3 is 2.46 bits per heavy atom. The van der Waals surface area contributed by atoms with Crippen molar-refractivity contribution in [3.05, 3.63) is 89.6 Å². The lowest BCUT2D eigenvalue weighted by Gasteiger charge is -2.12. The van der Waals surface area contributed by atoms with Crippen LogP contribution in [0.5, 0.6) is 0 Å². The second kappa shape index (κ2) is 7.85. The average Bonchev–Trinajstić information content (AvgIpc) is 3.11. The summed E-state index contributed by atoms with van der Waals surface area (Å²) >= 11 is 0. The van der Waals surface area contributed by atoms with E-state index < -0.39 is 0 Å². The molecule has 132 valence electrons. The van der Waals surface area contributed by atoms with Gasteiger partial charge in [-0.2, -0.15) is 5.10 Å². The Hall–Kier alpha value is -3.11. The maximum Gasteiger partial charge on any atom is 0.0794 e. The third kappa shape index (κ3) is 3.60. The molecule has 3 aromatic rings. The average molecular weight is 345 g/mol. The number of hydrogen-bond donors (Lipinski definition) is 2. The van der Waals surface area contributed by atoms with Gasteiger partial charge in [0.15, 0.2) is 0 Å². The number of aliphatic hydroxyl groups excluding tert-OH is 1. The molecule has 0 bridgehead atoms. The monoisotopic (exact) mass is 345 g/mol. The van der Waals surface area contributed by atoms with E-state index in [2.05, 4.69) is 18.1 Å². The Morgan fingerprint density at radius 2 is 1.77 bits per heavy atom. The summed E-state index contributed by atoms with van der Waals surface area (Å²) < 4.78 is 1.85. The van der Waals surface area contributed by atoms with Crippen LogP contribution in [-0.2, 0) is 6.61 Å². The van der Waals surface area contributed by atoms with E-state index in [4.69, 9.17) is 5.73 Å². The van der Waals surface area contributed by atoms with Gasteiger partial charge in [0.2, 0.25) is 0 Å². The maximum absolute atomic E-state index is 9.73. The molecule has 0 aliphatic carbocycles. The van der Waals surface area contributed by atoms with Gasteiger partial charge in [-0.3, -0.25) is 0 Å². The fraction of sp³-hybridized carbons (Fsp3) is 0.136. The van der Waals surface area contributed by atoms with Crippen LogP contribution in [0.4, 0.5) is 0 Å². The van der Waals surface area contributed by atoms with Crippen molar-refractivity contribution in [2.75, 3.05) is 0 Å². The first-order valence-corrected chi connectivity index (χ1v) is 8.55. The van der Waals surface area contributed by atoms with Gasteiger partial charge in [0.25, 0.3) is 0 Å². The summed E-state index contributed by atoms with van der Waals surface area (Å²) in [7, 11) is 0. The van der Waals surface area contributed by atoms with Crippen LogP contribution in [0.3, 0.4) is 0 Å². The smallest absolute Gasteiger partial charge is 0.0794 e. The molecule has 0 unspecified atom stereocenters. The summed E-state index contributed by atoms with van der Waals surface area (Å²) in [4.78, 5) is 0. The van der Waals surface area contributed by atoms with Crippen LogP contribution in [-0.4, -0.2) is 14.9 Å².